The van der Waals surface area contributed by atoms with E-state index in [0.29, 0.717) is 15.7 Å². The molecule has 0 aliphatic rings. The van der Waals surface area contributed by atoms with E-state index >= 15 is 0 Å². The van der Waals surface area contributed by atoms with Crippen molar-refractivity contribution in [2.24, 2.45) is 0 Å². The molecule has 0 aliphatic carbocycles. The van der Waals surface area contributed by atoms with Gasteiger partial charge in [-0.05, 0) is 18.1 Å². The minimum absolute atomic E-state index is 0.464. The third-order valence-electron chi connectivity index (χ3n) is 1.57. The van der Waals surface area contributed by atoms with Crippen LogP contribution in [0.25, 0.3) is 0 Å². The van der Waals surface area contributed by atoms with Crippen molar-refractivity contribution in [1.29, 1.82) is 0 Å². The van der Waals surface area contributed by atoms with Gasteiger partial charge in [0.2, 0.25) is 0 Å². The predicted molar refractivity (Wildman–Crippen MR) is 50.3 cm³/mol. The van der Waals surface area contributed by atoms with Gasteiger partial charge < -0.3 is 5.73 Å². The van der Waals surface area contributed by atoms with Crippen molar-refractivity contribution in [3.63, 3.8) is 0 Å². The maximum atomic E-state index is 5.89. The van der Waals surface area contributed by atoms with Gasteiger partial charge in [0.25, 0.3) is 0 Å². The van der Waals surface area contributed by atoms with Gasteiger partial charge in [0.15, 0.2) is 0 Å². The van der Waals surface area contributed by atoms with Crippen LogP contribution in [0.3, 0.4) is 0 Å². The molecule has 1 aromatic rings. The molecule has 0 fully saturated rings. The van der Waals surface area contributed by atoms with Gasteiger partial charge in [-0.25, -0.2) is 0 Å². The number of nitrogens with two attached hydrogens (primary N) is 1. The molecule has 0 unspecified atom stereocenters. The maximum Gasteiger partial charge on any atom is 0.0824 e. The number of anilines is 1. The Morgan fingerprint density at radius 2 is 1.91 bits per heavy atom. The predicted octanol–water partition coefficient (Wildman–Crippen LogP) is 3.14. The summed E-state index contributed by atoms with van der Waals surface area (Å²) in [4.78, 5) is 0. The first-order valence-electron chi connectivity index (χ1n) is 3.39. The third kappa shape index (κ3) is 1.60. The van der Waals surface area contributed by atoms with Crippen molar-refractivity contribution in [1.82, 2.24) is 0 Å². The van der Waals surface area contributed by atoms with Crippen LogP contribution in [0.4, 0.5) is 5.69 Å². The van der Waals surface area contributed by atoms with Crippen LogP contribution >= 0.6 is 23.2 Å². The molecule has 1 aromatic carbocycles. The number of halogens is 2. The number of hydrogen-bond donors (Lipinski definition) is 1. The molecule has 1 rings (SSSR count). The Balaban J connectivity index is 3.25. The van der Waals surface area contributed by atoms with Crippen molar-refractivity contribution in [2.75, 3.05) is 5.73 Å². The zero-order valence-corrected chi connectivity index (χ0v) is 7.71. The van der Waals surface area contributed by atoms with Gasteiger partial charge >= 0.3 is 0 Å². The quantitative estimate of drug-likeness (QED) is 0.676. The highest BCUT2D eigenvalue weighted by molar-refractivity contribution is 6.44. The van der Waals surface area contributed by atoms with Gasteiger partial charge in [-0.1, -0.05) is 36.2 Å². The Bertz CT molecular complexity index is 271. The minimum Gasteiger partial charge on any atom is -0.397 e. The molecule has 0 spiro atoms. The van der Waals surface area contributed by atoms with Crippen molar-refractivity contribution >= 4 is 28.9 Å². The Labute approximate surface area is 76.1 Å². The van der Waals surface area contributed by atoms with Crippen molar-refractivity contribution in [3.8, 4) is 0 Å². The Morgan fingerprint density at radius 1 is 1.27 bits per heavy atom. The molecular weight excluding hydrogens is 181 g/mol. The largest absolute Gasteiger partial charge is 0.397 e. The molecule has 11 heavy (non-hydrogen) atoms. The smallest absolute Gasteiger partial charge is 0.0824 e. The Kier molecular flexibility index (Phi) is 2.63. The minimum atomic E-state index is 0.464. The number of benzene rings is 1. The first kappa shape index (κ1) is 8.69. The molecule has 0 bridgehead atoms. The zero-order chi connectivity index (χ0) is 8.43. The average molecular weight is 190 g/mol. The van der Waals surface area contributed by atoms with Crippen molar-refractivity contribution < 1.29 is 0 Å². The summed E-state index contributed by atoms with van der Waals surface area (Å²) < 4.78 is 0. The summed E-state index contributed by atoms with van der Waals surface area (Å²) in [5.74, 6) is 0. The van der Waals surface area contributed by atoms with Gasteiger partial charge in [0.1, 0.15) is 0 Å². The standard InChI is InChI=1S/C8H9Cl2N/c1-2-5-3-4-6(11)8(10)7(5)9/h3-4H,2,11H2,1H3. The number of hydrogen-bond acceptors (Lipinski definition) is 1. The summed E-state index contributed by atoms with van der Waals surface area (Å²) in [5.41, 5.74) is 7.10. The van der Waals surface area contributed by atoms with E-state index in [4.69, 9.17) is 28.9 Å². The fraction of sp³-hybridized carbons (Fsp3) is 0.250. The molecule has 0 heterocycles. The lowest BCUT2D eigenvalue weighted by Crippen LogP contribution is -1.90. The van der Waals surface area contributed by atoms with Gasteiger partial charge in [-0.3, -0.25) is 0 Å². The molecule has 0 atom stereocenters. The highest BCUT2D eigenvalue weighted by Crippen LogP contribution is 2.31. The topological polar surface area (TPSA) is 26.0 Å². The van der Waals surface area contributed by atoms with Gasteiger partial charge in [0, 0.05) is 0 Å². The van der Waals surface area contributed by atoms with E-state index in [-0.39, 0.29) is 0 Å². The summed E-state index contributed by atoms with van der Waals surface area (Å²) in [6.07, 6.45) is 0.874. The Morgan fingerprint density at radius 3 is 2.45 bits per heavy atom. The van der Waals surface area contributed by atoms with E-state index in [2.05, 4.69) is 0 Å². The van der Waals surface area contributed by atoms with E-state index in [1.165, 1.54) is 0 Å². The summed E-state index contributed by atoms with van der Waals surface area (Å²) >= 11 is 11.7. The van der Waals surface area contributed by atoms with Crippen LogP contribution in [0.1, 0.15) is 12.5 Å². The van der Waals surface area contributed by atoms with Crippen molar-refractivity contribution in [2.45, 2.75) is 13.3 Å². The molecule has 0 radical (unpaired) electrons. The average Bonchev–Trinajstić information content (AvgIpc) is 2.01. The number of aryl methyl sites for hydroxylation is 1. The molecule has 60 valence electrons. The first-order chi connectivity index (χ1) is 5.16. The highest BCUT2D eigenvalue weighted by atomic mass is 35.5. The summed E-state index contributed by atoms with van der Waals surface area (Å²) in [7, 11) is 0. The normalized spacial score (nSPS) is 10.1. The summed E-state index contributed by atoms with van der Waals surface area (Å²) in [6, 6.07) is 3.66. The fourth-order valence-corrected chi connectivity index (χ4v) is 1.37. The van der Waals surface area contributed by atoms with E-state index in [0.717, 1.165) is 12.0 Å². The second-order valence-corrected chi connectivity index (χ2v) is 3.05. The van der Waals surface area contributed by atoms with E-state index in [9.17, 15) is 0 Å². The Hall–Kier alpha value is -0.400. The third-order valence-corrected chi connectivity index (χ3v) is 2.51. The molecule has 0 aliphatic heterocycles. The second-order valence-electron chi connectivity index (χ2n) is 2.30. The molecule has 0 aromatic heterocycles. The van der Waals surface area contributed by atoms with E-state index in [1.54, 1.807) is 6.07 Å². The van der Waals surface area contributed by atoms with Crippen LogP contribution in [0, 0.1) is 0 Å². The molecule has 3 heteroatoms. The molecule has 0 amide bonds. The first-order valence-corrected chi connectivity index (χ1v) is 4.14. The molecule has 2 N–H and O–H groups in total. The van der Waals surface area contributed by atoms with Crippen LogP contribution < -0.4 is 5.73 Å². The zero-order valence-electron chi connectivity index (χ0n) is 6.20. The lowest BCUT2D eigenvalue weighted by Gasteiger charge is -2.04. The molecular formula is C8H9Cl2N. The SMILES string of the molecule is CCc1ccc(N)c(Cl)c1Cl. The summed E-state index contributed by atoms with van der Waals surface area (Å²) in [6.45, 7) is 2.02. The van der Waals surface area contributed by atoms with Gasteiger partial charge in [0.05, 0.1) is 15.7 Å². The second kappa shape index (κ2) is 3.33. The van der Waals surface area contributed by atoms with Crippen molar-refractivity contribution in [3.05, 3.63) is 27.7 Å². The lowest BCUT2D eigenvalue weighted by molar-refractivity contribution is 1.14. The monoisotopic (exact) mass is 189 g/mol. The number of rotatable bonds is 1. The van der Waals surface area contributed by atoms with Crippen LogP contribution in [-0.2, 0) is 6.42 Å². The van der Waals surface area contributed by atoms with Gasteiger partial charge in [-0.15, -0.1) is 0 Å². The maximum absolute atomic E-state index is 5.89. The summed E-state index contributed by atoms with van der Waals surface area (Å²) in [5, 5.41) is 1.04. The number of nitrogen functional groups attached to an aromatic ring is 1. The molecule has 0 saturated carbocycles. The molecule has 1 nitrogen and oxygen atoms in total. The highest BCUT2D eigenvalue weighted by Gasteiger charge is 2.05. The molecule has 0 saturated heterocycles. The van der Waals surface area contributed by atoms with Crippen LogP contribution in [0.5, 0.6) is 0 Å². The van der Waals surface area contributed by atoms with E-state index in [1.807, 2.05) is 13.0 Å². The van der Waals surface area contributed by atoms with Crippen LogP contribution in [-0.4, -0.2) is 0 Å². The van der Waals surface area contributed by atoms with E-state index < -0.39 is 0 Å². The van der Waals surface area contributed by atoms with Crippen LogP contribution in [0.2, 0.25) is 10.0 Å². The lowest BCUT2D eigenvalue weighted by atomic mass is 10.1. The van der Waals surface area contributed by atoms with Gasteiger partial charge in [-0.2, -0.15) is 0 Å². The van der Waals surface area contributed by atoms with Crippen LogP contribution in [0.15, 0.2) is 12.1 Å². The fourth-order valence-electron chi connectivity index (χ4n) is 0.877.